The van der Waals surface area contributed by atoms with E-state index in [0.717, 1.165) is 22.5 Å². The van der Waals surface area contributed by atoms with Crippen molar-refractivity contribution in [1.82, 2.24) is 10.3 Å². The van der Waals surface area contributed by atoms with Crippen LogP contribution in [0.5, 0.6) is 0 Å². The molecular formula is C26H27N7O3. The van der Waals surface area contributed by atoms with E-state index in [1.165, 1.54) is 6.34 Å². The minimum absolute atomic E-state index is 0.0790. The lowest BCUT2D eigenvalue weighted by Gasteiger charge is -2.22. The maximum absolute atomic E-state index is 12.7. The van der Waals surface area contributed by atoms with Crippen molar-refractivity contribution in [2.24, 2.45) is 16.0 Å². The fourth-order valence-electron chi connectivity index (χ4n) is 4.02. The molecule has 1 atom stereocenters. The van der Waals surface area contributed by atoms with Crippen molar-refractivity contribution in [3.8, 4) is 6.07 Å². The van der Waals surface area contributed by atoms with Gasteiger partial charge in [-0.25, -0.2) is 4.99 Å². The number of nitrogens with zero attached hydrogens (tertiary/aromatic N) is 4. The lowest BCUT2D eigenvalue weighted by Crippen LogP contribution is -2.35. The molecule has 2 aromatic rings. The van der Waals surface area contributed by atoms with Gasteiger partial charge in [0.15, 0.2) is 5.84 Å². The summed E-state index contributed by atoms with van der Waals surface area (Å²) in [5, 5.41) is 24.2. The second-order valence-electron chi connectivity index (χ2n) is 8.46. The Hall–Kier alpha value is -4.49. The van der Waals surface area contributed by atoms with E-state index < -0.39 is 0 Å². The summed E-state index contributed by atoms with van der Waals surface area (Å²) in [6.07, 6.45) is 1.45. The van der Waals surface area contributed by atoms with Crippen LogP contribution in [0.3, 0.4) is 0 Å². The number of anilines is 2. The quantitative estimate of drug-likeness (QED) is 0.517. The first kappa shape index (κ1) is 24.6. The summed E-state index contributed by atoms with van der Waals surface area (Å²) < 4.78 is 5.01. The summed E-state index contributed by atoms with van der Waals surface area (Å²) >= 11 is 0. The second kappa shape index (κ2) is 10.8. The average molecular weight is 486 g/mol. The third kappa shape index (κ3) is 5.26. The summed E-state index contributed by atoms with van der Waals surface area (Å²) in [4.78, 5) is 29.8. The van der Waals surface area contributed by atoms with Crippen LogP contribution in [0.4, 0.5) is 11.4 Å². The van der Waals surface area contributed by atoms with E-state index in [1.807, 2.05) is 38.1 Å². The van der Waals surface area contributed by atoms with Crippen LogP contribution < -0.4 is 16.0 Å². The van der Waals surface area contributed by atoms with Gasteiger partial charge in [-0.3, -0.25) is 14.6 Å². The number of hydrogen-bond acceptors (Lipinski definition) is 8. The molecule has 0 saturated heterocycles. The molecule has 36 heavy (non-hydrogen) atoms. The molecule has 3 N–H and O–H groups in total. The molecule has 2 aliphatic rings. The number of carbonyl (C=O) groups excluding carboxylic acids is 2. The first-order valence-corrected chi connectivity index (χ1v) is 11.5. The number of fused-ring (bicyclic) bond motifs is 1. The van der Waals surface area contributed by atoms with Crippen LogP contribution in [0.15, 0.2) is 63.8 Å². The van der Waals surface area contributed by atoms with Gasteiger partial charge in [0, 0.05) is 30.6 Å². The van der Waals surface area contributed by atoms with E-state index in [9.17, 15) is 9.59 Å². The Morgan fingerprint density at radius 3 is 2.69 bits per heavy atom. The van der Waals surface area contributed by atoms with E-state index in [0.29, 0.717) is 42.3 Å². The number of aliphatic imine (C=N–C) groups is 1. The van der Waals surface area contributed by atoms with Gasteiger partial charge in [0.25, 0.3) is 5.91 Å². The fourth-order valence-corrected chi connectivity index (χ4v) is 4.02. The molecule has 2 aromatic carbocycles. The molecule has 0 bridgehead atoms. The van der Waals surface area contributed by atoms with E-state index in [4.69, 9.17) is 10.00 Å². The van der Waals surface area contributed by atoms with Gasteiger partial charge < -0.3 is 20.7 Å². The third-order valence-corrected chi connectivity index (χ3v) is 6.06. The number of benzene rings is 2. The highest BCUT2D eigenvalue weighted by atomic mass is 16.5. The predicted molar refractivity (Wildman–Crippen MR) is 138 cm³/mol. The largest absolute Gasteiger partial charge is 0.383 e. The maximum atomic E-state index is 12.7. The number of hydrazone groups is 1. The van der Waals surface area contributed by atoms with Crippen LogP contribution in [0.1, 0.15) is 28.4 Å². The van der Waals surface area contributed by atoms with Crippen LogP contribution in [0, 0.1) is 24.2 Å². The normalized spacial score (nSPS) is 16.2. The number of amidine groups is 1. The predicted octanol–water partition coefficient (Wildman–Crippen LogP) is 2.85. The summed E-state index contributed by atoms with van der Waals surface area (Å²) in [6, 6.07) is 14.0. The van der Waals surface area contributed by atoms with E-state index in [1.54, 1.807) is 36.4 Å². The Labute approximate surface area is 209 Å². The first-order valence-electron chi connectivity index (χ1n) is 11.5. The summed E-state index contributed by atoms with van der Waals surface area (Å²) in [7, 11) is 1.59. The van der Waals surface area contributed by atoms with Crippen molar-refractivity contribution in [2.45, 2.75) is 13.8 Å². The highest BCUT2D eigenvalue weighted by Gasteiger charge is 2.37. The van der Waals surface area contributed by atoms with Gasteiger partial charge in [0.2, 0.25) is 5.91 Å². The van der Waals surface area contributed by atoms with Gasteiger partial charge >= 0.3 is 0 Å². The highest BCUT2D eigenvalue weighted by Crippen LogP contribution is 2.32. The Kier molecular flexibility index (Phi) is 7.42. The standard InChI is InChI=1S/C26H27N7O3/c1-16-4-9-20(31-25(34)19-7-5-18(13-27)6-8-19)12-22(16)32-24-23-17(2)21(14-33(23)30-15-29-24)26(35)28-10-11-36-3/h4-9,12,15,21H,10-11,14H2,1-3H3,(H,28,35)(H,31,34)(H,29,30,32). The molecular weight excluding hydrogens is 458 g/mol. The van der Waals surface area contributed by atoms with Gasteiger partial charge in [0.1, 0.15) is 12.0 Å². The van der Waals surface area contributed by atoms with Gasteiger partial charge in [-0.05, 0) is 61.4 Å². The zero-order valence-electron chi connectivity index (χ0n) is 20.3. The highest BCUT2D eigenvalue weighted by molar-refractivity contribution is 6.13. The maximum Gasteiger partial charge on any atom is 0.255 e. The number of nitriles is 1. The third-order valence-electron chi connectivity index (χ3n) is 6.06. The Balaban J connectivity index is 1.51. The Morgan fingerprint density at radius 1 is 1.19 bits per heavy atom. The molecule has 4 rings (SSSR count). The number of ether oxygens (including phenoxy) is 1. The minimum Gasteiger partial charge on any atom is -0.383 e. The lowest BCUT2D eigenvalue weighted by molar-refractivity contribution is -0.124. The fraction of sp³-hybridized carbons (Fsp3) is 0.269. The van der Waals surface area contributed by atoms with E-state index >= 15 is 0 Å². The summed E-state index contributed by atoms with van der Waals surface area (Å²) in [6.45, 7) is 5.18. The number of amides is 2. The van der Waals surface area contributed by atoms with Crippen LogP contribution in [-0.4, -0.2) is 55.8 Å². The molecule has 1 unspecified atom stereocenters. The van der Waals surface area contributed by atoms with Crippen molar-refractivity contribution < 1.29 is 14.3 Å². The molecule has 10 nitrogen and oxygen atoms in total. The lowest BCUT2D eigenvalue weighted by atomic mass is 10.0. The van der Waals surface area contributed by atoms with Crippen molar-refractivity contribution in [3.63, 3.8) is 0 Å². The van der Waals surface area contributed by atoms with Crippen molar-refractivity contribution in [3.05, 3.63) is 70.4 Å². The van der Waals surface area contributed by atoms with Crippen LogP contribution >= 0.6 is 0 Å². The number of rotatable bonds is 7. The molecule has 2 heterocycles. The van der Waals surface area contributed by atoms with Crippen LogP contribution in [0.2, 0.25) is 0 Å². The van der Waals surface area contributed by atoms with E-state index in [2.05, 4.69) is 26.0 Å². The number of aryl methyl sites for hydroxylation is 1. The summed E-state index contributed by atoms with van der Waals surface area (Å²) in [5.74, 6) is -0.129. The molecule has 2 amide bonds. The van der Waals surface area contributed by atoms with Gasteiger partial charge in [-0.15, -0.1) is 0 Å². The molecule has 0 radical (unpaired) electrons. The molecule has 0 saturated carbocycles. The molecule has 184 valence electrons. The smallest absolute Gasteiger partial charge is 0.255 e. The molecule has 0 fully saturated rings. The Bertz CT molecular complexity index is 1310. The molecule has 0 aromatic heterocycles. The number of methoxy groups -OCH3 is 1. The zero-order valence-corrected chi connectivity index (χ0v) is 20.3. The average Bonchev–Trinajstić information content (AvgIpc) is 3.23. The molecule has 10 heteroatoms. The summed E-state index contributed by atoms with van der Waals surface area (Å²) in [5.41, 5.74) is 4.89. The Morgan fingerprint density at radius 2 is 1.97 bits per heavy atom. The van der Waals surface area contributed by atoms with E-state index in [-0.39, 0.29) is 17.7 Å². The minimum atomic E-state index is -0.349. The topological polar surface area (TPSA) is 131 Å². The van der Waals surface area contributed by atoms with Crippen LogP contribution in [-0.2, 0) is 9.53 Å². The number of hydrogen-bond donors (Lipinski definition) is 3. The monoisotopic (exact) mass is 485 g/mol. The number of nitrogens with one attached hydrogen (secondary N) is 3. The second-order valence-corrected chi connectivity index (χ2v) is 8.46. The molecule has 0 aliphatic carbocycles. The van der Waals surface area contributed by atoms with Gasteiger partial charge in [0.05, 0.1) is 30.7 Å². The SMILES string of the molecule is COCCNC(=O)C1CN2N=CN=C(Nc3cc(NC(=O)c4ccc(C#N)cc4)ccc3C)C2=C1C. The van der Waals surface area contributed by atoms with Crippen LogP contribution in [0.25, 0.3) is 0 Å². The number of carbonyl (C=O) groups is 2. The first-order chi connectivity index (χ1) is 17.4. The van der Waals surface area contributed by atoms with Gasteiger partial charge in [-0.1, -0.05) is 6.07 Å². The van der Waals surface area contributed by atoms with Crippen molar-refractivity contribution in [1.29, 1.82) is 5.26 Å². The zero-order chi connectivity index (χ0) is 25.7. The van der Waals surface area contributed by atoms with Gasteiger partial charge in [-0.2, -0.15) is 10.4 Å². The van der Waals surface area contributed by atoms with Crippen molar-refractivity contribution in [2.75, 3.05) is 37.4 Å². The van der Waals surface area contributed by atoms with Crippen molar-refractivity contribution >= 4 is 35.4 Å². The molecule has 2 aliphatic heterocycles. The molecule has 0 spiro atoms.